The maximum atomic E-state index is 14.1. The third-order valence-electron chi connectivity index (χ3n) is 4.77. The van der Waals surface area contributed by atoms with Crippen molar-refractivity contribution in [2.24, 2.45) is 4.99 Å². The first-order valence-electron chi connectivity index (χ1n) is 9.48. The second kappa shape index (κ2) is 9.09. The monoisotopic (exact) mass is 458 g/mol. The van der Waals surface area contributed by atoms with Gasteiger partial charge in [-0.2, -0.15) is 0 Å². The molecule has 2 aromatic heterocycles. The summed E-state index contributed by atoms with van der Waals surface area (Å²) in [5.74, 6) is -0.957. The largest absolute Gasteiger partial charge is 0.460 e. The van der Waals surface area contributed by atoms with Crippen molar-refractivity contribution in [2.45, 2.75) is 13.0 Å². The summed E-state index contributed by atoms with van der Waals surface area (Å²) in [4.78, 5) is 32.0. The Bertz CT molecular complexity index is 1320. The van der Waals surface area contributed by atoms with Gasteiger partial charge in [0.25, 0.3) is 5.56 Å². The van der Waals surface area contributed by atoms with E-state index < -0.39 is 17.8 Å². The molecule has 1 unspecified atom stereocenters. The number of benzene rings is 1. The number of nitrogens with zero attached hydrogens (tertiary/aromatic N) is 2. The molecule has 6 nitrogen and oxygen atoms in total. The van der Waals surface area contributed by atoms with Crippen molar-refractivity contribution in [3.63, 3.8) is 0 Å². The molecule has 0 N–H and O–H groups in total. The normalized spacial score (nSPS) is 16.2. The van der Waals surface area contributed by atoms with Crippen LogP contribution >= 0.6 is 22.7 Å². The lowest BCUT2D eigenvalue weighted by molar-refractivity contribution is -0.140. The first-order chi connectivity index (χ1) is 15.0. The average molecular weight is 459 g/mol. The first-order valence-corrected chi connectivity index (χ1v) is 11.2. The lowest BCUT2D eigenvalue weighted by Gasteiger charge is -2.23. The molecule has 4 rings (SSSR count). The zero-order valence-electron chi connectivity index (χ0n) is 16.8. The Kier molecular flexibility index (Phi) is 6.26. The second-order valence-electron chi connectivity index (χ2n) is 6.75. The molecule has 0 bridgehead atoms. The predicted molar refractivity (Wildman–Crippen MR) is 117 cm³/mol. The van der Waals surface area contributed by atoms with Gasteiger partial charge in [0.2, 0.25) is 0 Å². The highest BCUT2D eigenvalue weighted by atomic mass is 32.1. The summed E-state index contributed by atoms with van der Waals surface area (Å²) < 4.78 is 26.3. The quantitative estimate of drug-likeness (QED) is 0.421. The molecular weight excluding hydrogens is 439 g/mol. The lowest BCUT2D eigenvalue weighted by atomic mass is 10.0. The van der Waals surface area contributed by atoms with Crippen LogP contribution in [0.4, 0.5) is 4.39 Å². The van der Waals surface area contributed by atoms with Crippen LogP contribution in [0.2, 0.25) is 0 Å². The molecule has 9 heteroatoms. The Morgan fingerprint density at radius 2 is 2.06 bits per heavy atom. The van der Waals surface area contributed by atoms with E-state index in [1.165, 1.54) is 46.5 Å². The molecule has 0 saturated heterocycles. The van der Waals surface area contributed by atoms with Crippen LogP contribution in [0.25, 0.3) is 6.08 Å². The van der Waals surface area contributed by atoms with Crippen LogP contribution in [0.5, 0.6) is 0 Å². The molecule has 0 aliphatic carbocycles. The molecule has 3 aromatic rings. The highest BCUT2D eigenvalue weighted by Crippen LogP contribution is 2.33. The van der Waals surface area contributed by atoms with Crippen LogP contribution in [-0.4, -0.2) is 30.9 Å². The van der Waals surface area contributed by atoms with E-state index in [-0.39, 0.29) is 18.8 Å². The molecule has 0 radical (unpaired) electrons. The van der Waals surface area contributed by atoms with Gasteiger partial charge in [-0.3, -0.25) is 9.36 Å². The number of rotatable bonds is 6. The maximum Gasteiger partial charge on any atom is 0.338 e. The van der Waals surface area contributed by atoms with E-state index in [2.05, 4.69) is 4.99 Å². The van der Waals surface area contributed by atoms with E-state index in [0.29, 0.717) is 26.2 Å². The fraction of sp³-hybridized carbons (Fsp3) is 0.227. The third-order valence-corrected chi connectivity index (χ3v) is 6.67. The molecular formula is C22H19FN2O4S2. The molecule has 0 saturated carbocycles. The zero-order valence-corrected chi connectivity index (χ0v) is 18.5. The van der Waals surface area contributed by atoms with Gasteiger partial charge in [0.05, 0.1) is 22.4 Å². The van der Waals surface area contributed by atoms with Crippen molar-refractivity contribution in [2.75, 3.05) is 20.3 Å². The number of allylic oxidation sites excluding steroid dienone is 1. The molecule has 0 amide bonds. The van der Waals surface area contributed by atoms with Crippen LogP contribution in [-0.2, 0) is 14.3 Å². The minimum atomic E-state index is -0.658. The summed E-state index contributed by atoms with van der Waals surface area (Å²) >= 11 is 2.60. The number of methoxy groups -OCH3 is 1. The van der Waals surface area contributed by atoms with E-state index in [1.54, 1.807) is 25.1 Å². The average Bonchev–Trinajstić information content (AvgIpc) is 3.38. The molecule has 1 atom stereocenters. The predicted octanol–water partition coefficient (Wildman–Crippen LogP) is 2.63. The third kappa shape index (κ3) is 4.16. The van der Waals surface area contributed by atoms with Gasteiger partial charge in [-0.1, -0.05) is 35.6 Å². The smallest absolute Gasteiger partial charge is 0.338 e. The minimum Gasteiger partial charge on any atom is -0.460 e. The van der Waals surface area contributed by atoms with Crippen molar-refractivity contribution in [3.8, 4) is 0 Å². The molecule has 0 fully saturated rings. The molecule has 0 spiro atoms. The highest BCUT2D eigenvalue weighted by Gasteiger charge is 2.34. The van der Waals surface area contributed by atoms with Gasteiger partial charge >= 0.3 is 5.97 Å². The number of ether oxygens (including phenoxy) is 2. The first kappa shape index (κ1) is 21.4. The number of fused-ring (bicyclic) bond motifs is 1. The zero-order chi connectivity index (χ0) is 22.0. The number of hydrogen-bond acceptors (Lipinski definition) is 7. The number of esters is 1. The second-order valence-corrected chi connectivity index (χ2v) is 8.74. The van der Waals surface area contributed by atoms with Crippen molar-refractivity contribution in [3.05, 3.63) is 89.0 Å². The van der Waals surface area contributed by atoms with Crippen LogP contribution < -0.4 is 14.9 Å². The SMILES string of the molecule is COCCOC(=O)C1=C(C)N=c2sc(=Cc3ccccc3F)c(=O)n2C1c1cccs1. The topological polar surface area (TPSA) is 69.9 Å². The molecule has 1 aromatic carbocycles. The van der Waals surface area contributed by atoms with Crippen molar-refractivity contribution in [1.29, 1.82) is 0 Å². The molecule has 31 heavy (non-hydrogen) atoms. The van der Waals surface area contributed by atoms with Crippen LogP contribution in [0.3, 0.4) is 0 Å². The maximum absolute atomic E-state index is 14.1. The van der Waals surface area contributed by atoms with Gasteiger partial charge in [0.15, 0.2) is 4.80 Å². The fourth-order valence-electron chi connectivity index (χ4n) is 3.33. The van der Waals surface area contributed by atoms with Gasteiger partial charge in [-0.05, 0) is 30.5 Å². The number of hydrogen-bond donors (Lipinski definition) is 0. The van der Waals surface area contributed by atoms with E-state index in [0.717, 1.165) is 4.88 Å². The van der Waals surface area contributed by atoms with Crippen molar-refractivity contribution >= 4 is 34.7 Å². The number of aromatic nitrogens is 1. The highest BCUT2D eigenvalue weighted by molar-refractivity contribution is 7.10. The summed E-state index contributed by atoms with van der Waals surface area (Å²) in [5, 5.41) is 1.88. The van der Waals surface area contributed by atoms with Crippen LogP contribution in [0.15, 0.2) is 62.8 Å². The molecule has 160 valence electrons. The Hall–Kier alpha value is -2.88. The number of thiophene rings is 1. The summed E-state index contributed by atoms with van der Waals surface area (Å²) in [7, 11) is 1.52. The van der Waals surface area contributed by atoms with Crippen molar-refractivity contribution < 1.29 is 18.7 Å². The van der Waals surface area contributed by atoms with Crippen LogP contribution in [0.1, 0.15) is 23.4 Å². The molecule has 1 aliphatic heterocycles. The van der Waals surface area contributed by atoms with Crippen LogP contribution in [0, 0.1) is 5.82 Å². The summed E-state index contributed by atoms with van der Waals surface area (Å²) in [5.41, 5.74) is 0.776. The molecule has 1 aliphatic rings. The number of carbonyl (C=O) groups is 1. The van der Waals surface area contributed by atoms with E-state index in [9.17, 15) is 14.0 Å². The number of thiazole rings is 1. The Labute approximate surface area is 185 Å². The number of halogens is 1. The Balaban J connectivity index is 1.87. The summed E-state index contributed by atoms with van der Waals surface area (Å²) in [6.07, 6.45) is 1.51. The van der Waals surface area contributed by atoms with Gasteiger partial charge in [-0.15, -0.1) is 11.3 Å². The Morgan fingerprint density at radius 3 is 2.77 bits per heavy atom. The van der Waals surface area contributed by atoms with Gasteiger partial charge in [0, 0.05) is 17.6 Å². The van der Waals surface area contributed by atoms with E-state index in [1.807, 2.05) is 17.5 Å². The van der Waals surface area contributed by atoms with Gasteiger partial charge < -0.3 is 9.47 Å². The number of carbonyl (C=O) groups excluding carboxylic acids is 1. The van der Waals surface area contributed by atoms with E-state index >= 15 is 0 Å². The van der Waals surface area contributed by atoms with Gasteiger partial charge in [-0.25, -0.2) is 14.2 Å². The fourth-order valence-corrected chi connectivity index (χ4v) is 5.19. The van der Waals surface area contributed by atoms with Crippen molar-refractivity contribution in [1.82, 2.24) is 4.57 Å². The standard InChI is InChI=1S/C22H19FN2O4S2/c1-13-18(21(27)29-10-9-28-2)19(16-8-5-11-30-16)25-20(26)17(31-22(25)24-13)12-14-6-3-4-7-15(14)23/h3-8,11-12,19H,9-10H2,1-2H3. The van der Waals surface area contributed by atoms with Gasteiger partial charge in [0.1, 0.15) is 18.5 Å². The summed E-state index contributed by atoms with van der Waals surface area (Å²) in [6.45, 7) is 2.09. The minimum absolute atomic E-state index is 0.0982. The molecule has 3 heterocycles. The lowest BCUT2D eigenvalue weighted by Crippen LogP contribution is -2.39. The Morgan fingerprint density at radius 1 is 1.26 bits per heavy atom. The summed E-state index contributed by atoms with van der Waals surface area (Å²) in [6, 6.07) is 9.32. The van der Waals surface area contributed by atoms with E-state index in [4.69, 9.17) is 9.47 Å².